The minimum Gasteiger partial charge on any atom is -0.361 e. The van der Waals surface area contributed by atoms with Crippen LogP contribution in [0.5, 0.6) is 0 Å². The Balaban J connectivity index is 1.40. The second-order valence-corrected chi connectivity index (χ2v) is 6.57. The van der Waals surface area contributed by atoms with Crippen molar-refractivity contribution in [2.75, 3.05) is 13.1 Å². The largest absolute Gasteiger partial charge is 0.361 e. The summed E-state index contributed by atoms with van der Waals surface area (Å²) in [6.07, 6.45) is 3.53. The molecule has 1 atom stereocenters. The molecule has 7 heteroatoms. The van der Waals surface area contributed by atoms with Crippen LogP contribution in [0.4, 0.5) is 0 Å². The highest BCUT2D eigenvalue weighted by Crippen LogP contribution is 2.39. The Kier molecular flexibility index (Phi) is 3.43. The summed E-state index contributed by atoms with van der Waals surface area (Å²) < 4.78 is 10.5. The average molecular weight is 316 g/mol. The van der Waals surface area contributed by atoms with E-state index in [4.69, 9.17) is 9.05 Å². The lowest BCUT2D eigenvalue weighted by molar-refractivity contribution is -0.129. The average Bonchev–Trinajstić information content (AvgIpc) is 2.97. The molecule has 0 spiro atoms. The van der Waals surface area contributed by atoms with Gasteiger partial charge in [0.25, 0.3) is 0 Å². The van der Waals surface area contributed by atoms with Crippen LogP contribution in [0.25, 0.3) is 0 Å². The number of aryl methyl sites for hydroxylation is 2. The molecule has 2 aliphatic rings. The Morgan fingerprint density at radius 3 is 2.70 bits per heavy atom. The first kappa shape index (κ1) is 14.4. The molecule has 23 heavy (non-hydrogen) atoms. The molecule has 1 aliphatic heterocycles. The lowest BCUT2D eigenvalue weighted by Crippen LogP contribution is -2.30. The summed E-state index contributed by atoms with van der Waals surface area (Å²) in [5, 5.41) is 7.97. The highest BCUT2D eigenvalue weighted by atomic mass is 16.5. The van der Waals surface area contributed by atoms with E-state index in [-0.39, 0.29) is 11.8 Å². The summed E-state index contributed by atoms with van der Waals surface area (Å²) >= 11 is 0. The summed E-state index contributed by atoms with van der Waals surface area (Å²) in [6, 6.07) is 0. The normalized spacial score (nSPS) is 21.1. The van der Waals surface area contributed by atoms with Crippen LogP contribution in [-0.2, 0) is 11.2 Å². The van der Waals surface area contributed by atoms with Gasteiger partial charge in [0.15, 0.2) is 5.82 Å². The third-order valence-corrected chi connectivity index (χ3v) is 4.80. The Morgan fingerprint density at radius 1 is 1.17 bits per heavy atom. The van der Waals surface area contributed by atoms with Crippen molar-refractivity contribution in [3.63, 3.8) is 0 Å². The predicted octanol–water partition coefficient (Wildman–Crippen LogP) is 2.11. The number of carbonyl (C=O) groups is 1. The van der Waals surface area contributed by atoms with Gasteiger partial charge in [-0.3, -0.25) is 4.79 Å². The Morgan fingerprint density at radius 2 is 2.00 bits per heavy atom. The number of hydrogen-bond acceptors (Lipinski definition) is 6. The van der Waals surface area contributed by atoms with E-state index >= 15 is 0 Å². The van der Waals surface area contributed by atoms with Crippen molar-refractivity contribution in [1.82, 2.24) is 20.2 Å². The van der Waals surface area contributed by atoms with Gasteiger partial charge in [0, 0.05) is 24.6 Å². The van der Waals surface area contributed by atoms with E-state index in [2.05, 4.69) is 15.3 Å². The van der Waals surface area contributed by atoms with E-state index in [0.29, 0.717) is 24.8 Å². The molecule has 1 saturated heterocycles. The molecule has 2 aromatic heterocycles. The van der Waals surface area contributed by atoms with Crippen molar-refractivity contribution in [2.24, 2.45) is 0 Å². The minimum absolute atomic E-state index is 0.101. The molecule has 1 amide bonds. The molecule has 0 unspecified atom stereocenters. The van der Waals surface area contributed by atoms with E-state index < -0.39 is 0 Å². The fourth-order valence-electron chi connectivity index (χ4n) is 3.13. The van der Waals surface area contributed by atoms with Crippen molar-refractivity contribution >= 4 is 5.91 Å². The minimum atomic E-state index is 0.101. The van der Waals surface area contributed by atoms with Crippen LogP contribution >= 0.6 is 0 Å². The van der Waals surface area contributed by atoms with Gasteiger partial charge < -0.3 is 13.9 Å². The zero-order chi connectivity index (χ0) is 16.0. The molecule has 122 valence electrons. The standard InChI is InChI=1S/C16H20N4O3/c1-9-13(10(2)22-18-9)7-14(21)20-6-5-12(8-20)16-17-15(19-23-16)11-3-4-11/h11-12H,3-8H2,1-2H3/t12-/m1/s1. The highest BCUT2D eigenvalue weighted by molar-refractivity contribution is 5.79. The van der Waals surface area contributed by atoms with Crippen molar-refractivity contribution in [1.29, 1.82) is 0 Å². The molecule has 0 aromatic carbocycles. The summed E-state index contributed by atoms with van der Waals surface area (Å²) in [6.45, 7) is 5.08. The maximum absolute atomic E-state index is 12.5. The third kappa shape index (κ3) is 2.75. The first-order valence-electron chi connectivity index (χ1n) is 8.15. The Bertz CT molecular complexity index is 712. The number of rotatable bonds is 4. The molecule has 2 fully saturated rings. The number of likely N-dealkylation sites (tertiary alicyclic amines) is 1. The maximum atomic E-state index is 12.5. The maximum Gasteiger partial charge on any atom is 0.231 e. The second kappa shape index (κ2) is 5.47. The van der Waals surface area contributed by atoms with Crippen LogP contribution in [0.1, 0.15) is 59.8 Å². The fraction of sp³-hybridized carbons (Fsp3) is 0.625. The molecular weight excluding hydrogens is 296 g/mol. The van der Waals surface area contributed by atoms with E-state index in [9.17, 15) is 4.79 Å². The van der Waals surface area contributed by atoms with Gasteiger partial charge in [-0.2, -0.15) is 4.98 Å². The lowest BCUT2D eigenvalue weighted by atomic mass is 10.1. The quantitative estimate of drug-likeness (QED) is 0.859. The van der Waals surface area contributed by atoms with Crippen LogP contribution in [0.15, 0.2) is 9.05 Å². The van der Waals surface area contributed by atoms with Gasteiger partial charge in [-0.15, -0.1) is 0 Å². The van der Waals surface area contributed by atoms with E-state index in [1.54, 1.807) is 0 Å². The molecule has 4 rings (SSSR count). The van der Waals surface area contributed by atoms with Gasteiger partial charge in [0.05, 0.1) is 18.0 Å². The summed E-state index contributed by atoms with van der Waals surface area (Å²) in [5.74, 6) is 2.98. The fourth-order valence-corrected chi connectivity index (χ4v) is 3.13. The van der Waals surface area contributed by atoms with Gasteiger partial charge in [0.1, 0.15) is 5.76 Å². The molecule has 1 saturated carbocycles. The first-order valence-corrected chi connectivity index (χ1v) is 8.15. The molecule has 1 aliphatic carbocycles. The van der Waals surface area contributed by atoms with Crippen LogP contribution in [-0.4, -0.2) is 39.2 Å². The Labute approximate surface area is 134 Å². The molecule has 0 radical (unpaired) electrons. The van der Waals surface area contributed by atoms with Crippen molar-refractivity contribution in [2.45, 2.75) is 51.4 Å². The van der Waals surface area contributed by atoms with Crippen LogP contribution < -0.4 is 0 Å². The van der Waals surface area contributed by atoms with Crippen LogP contribution in [0, 0.1) is 13.8 Å². The molecule has 0 N–H and O–H groups in total. The highest BCUT2D eigenvalue weighted by Gasteiger charge is 2.34. The van der Waals surface area contributed by atoms with Gasteiger partial charge in [-0.05, 0) is 33.1 Å². The summed E-state index contributed by atoms with van der Waals surface area (Å²) in [4.78, 5) is 18.9. The lowest BCUT2D eigenvalue weighted by Gasteiger charge is -2.15. The summed E-state index contributed by atoms with van der Waals surface area (Å²) in [5.41, 5.74) is 1.69. The smallest absolute Gasteiger partial charge is 0.231 e. The Hall–Kier alpha value is -2.18. The third-order valence-electron chi connectivity index (χ3n) is 4.80. The topological polar surface area (TPSA) is 85.3 Å². The molecule has 3 heterocycles. The van der Waals surface area contributed by atoms with Gasteiger partial charge in [-0.1, -0.05) is 10.3 Å². The summed E-state index contributed by atoms with van der Waals surface area (Å²) in [7, 11) is 0. The predicted molar refractivity (Wildman–Crippen MR) is 79.9 cm³/mol. The number of amides is 1. The van der Waals surface area contributed by atoms with E-state index in [1.807, 2.05) is 18.7 Å². The van der Waals surface area contributed by atoms with E-state index in [0.717, 1.165) is 48.6 Å². The number of carbonyl (C=O) groups excluding carboxylic acids is 1. The molecule has 0 bridgehead atoms. The van der Waals surface area contributed by atoms with Crippen LogP contribution in [0.2, 0.25) is 0 Å². The van der Waals surface area contributed by atoms with Gasteiger partial charge in [0.2, 0.25) is 11.8 Å². The SMILES string of the molecule is Cc1noc(C)c1CC(=O)N1CC[C@@H](c2nc(C3CC3)no2)C1. The number of aromatic nitrogens is 3. The second-order valence-electron chi connectivity index (χ2n) is 6.57. The van der Waals surface area contributed by atoms with Crippen molar-refractivity contribution in [3.8, 4) is 0 Å². The zero-order valence-electron chi connectivity index (χ0n) is 13.4. The number of hydrogen-bond donors (Lipinski definition) is 0. The number of nitrogens with zero attached hydrogens (tertiary/aromatic N) is 4. The molecule has 7 nitrogen and oxygen atoms in total. The van der Waals surface area contributed by atoms with Crippen molar-refractivity contribution in [3.05, 3.63) is 28.7 Å². The van der Waals surface area contributed by atoms with Crippen molar-refractivity contribution < 1.29 is 13.8 Å². The van der Waals surface area contributed by atoms with Crippen LogP contribution in [0.3, 0.4) is 0 Å². The zero-order valence-corrected chi connectivity index (χ0v) is 13.4. The van der Waals surface area contributed by atoms with Gasteiger partial charge >= 0.3 is 0 Å². The first-order chi connectivity index (χ1) is 11.1. The monoisotopic (exact) mass is 316 g/mol. The van der Waals surface area contributed by atoms with E-state index in [1.165, 1.54) is 0 Å². The molecular formula is C16H20N4O3. The van der Waals surface area contributed by atoms with Gasteiger partial charge in [-0.25, -0.2) is 0 Å². The molecule has 2 aromatic rings.